The van der Waals surface area contributed by atoms with Crippen molar-refractivity contribution in [2.24, 2.45) is 0 Å². The SMILES string of the molecule is Fc1cc(Cl)ccc1-c1cccc(Cl)c1. The average Bonchev–Trinajstić information content (AvgIpc) is 2.17. The second-order valence-electron chi connectivity index (χ2n) is 3.13. The Labute approximate surface area is 97.3 Å². The molecule has 76 valence electrons. The third-order valence-corrected chi connectivity index (χ3v) is 2.54. The zero-order chi connectivity index (χ0) is 10.8. The molecule has 2 aromatic carbocycles. The summed E-state index contributed by atoms with van der Waals surface area (Å²) >= 11 is 11.5. The molecule has 0 N–H and O–H groups in total. The minimum absolute atomic E-state index is 0.343. The summed E-state index contributed by atoms with van der Waals surface area (Å²) in [7, 11) is 0. The smallest absolute Gasteiger partial charge is 0.132 e. The van der Waals surface area contributed by atoms with Crippen molar-refractivity contribution in [1.82, 2.24) is 0 Å². The van der Waals surface area contributed by atoms with E-state index in [9.17, 15) is 4.39 Å². The van der Waals surface area contributed by atoms with Gasteiger partial charge < -0.3 is 0 Å². The predicted molar refractivity (Wildman–Crippen MR) is 61.9 cm³/mol. The third kappa shape index (κ3) is 2.31. The summed E-state index contributed by atoms with van der Waals surface area (Å²) in [6.07, 6.45) is 0. The average molecular weight is 241 g/mol. The summed E-state index contributed by atoms with van der Waals surface area (Å²) < 4.78 is 13.5. The fourth-order valence-electron chi connectivity index (χ4n) is 1.38. The third-order valence-electron chi connectivity index (χ3n) is 2.07. The van der Waals surface area contributed by atoms with Gasteiger partial charge in [0.1, 0.15) is 5.82 Å². The zero-order valence-corrected chi connectivity index (χ0v) is 9.19. The molecule has 0 spiro atoms. The Balaban J connectivity index is 2.54. The minimum atomic E-state index is -0.343. The zero-order valence-electron chi connectivity index (χ0n) is 7.68. The molecule has 0 heterocycles. The van der Waals surface area contributed by atoms with E-state index < -0.39 is 0 Å². The van der Waals surface area contributed by atoms with Crippen LogP contribution < -0.4 is 0 Å². The van der Waals surface area contributed by atoms with Gasteiger partial charge >= 0.3 is 0 Å². The standard InChI is InChI=1S/C12H7Cl2F/c13-9-3-1-2-8(6-9)11-5-4-10(14)7-12(11)15/h1-7H. The molecule has 0 fully saturated rings. The van der Waals surface area contributed by atoms with E-state index in [4.69, 9.17) is 23.2 Å². The number of benzene rings is 2. The lowest BCUT2D eigenvalue weighted by Gasteiger charge is -2.04. The van der Waals surface area contributed by atoms with Crippen molar-refractivity contribution in [3.05, 3.63) is 58.3 Å². The van der Waals surface area contributed by atoms with E-state index >= 15 is 0 Å². The van der Waals surface area contributed by atoms with E-state index in [-0.39, 0.29) is 5.82 Å². The first-order valence-electron chi connectivity index (χ1n) is 4.38. The lowest BCUT2D eigenvalue weighted by atomic mass is 10.1. The molecule has 0 saturated heterocycles. The van der Waals surface area contributed by atoms with Gasteiger partial charge in [-0.2, -0.15) is 0 Å². The van der Waals surface area contributed by atoms with Gasteiger partial charge in [-0.3, -0.25) is 0 Å². The van der Waals surface area contributed by atoms with E-state index in [1.807, 2.05) is 0 Å². The fourth-order valence-corrected chi connectivity index (χ4v) is 1.73. The Morgan fingerprint density at radius 1 is 0.867 bits per heavy atom. The van der Waals surface area contributed by atoms with Gasteiger partial charge in [-0.15, -0.1) is 0 Å². The van der Waals surface area contributed by atoms with Crippen LogP contribution in [-0.4, -0.2) is 0 Å². The molecule has 0 unspecified atom stereocenters. The van der Waals surface area contributed by atoms with Crippen molar-refractivity contribution in [1.29, 1.82) is 0 Å². The van der Waals surface area contributed by atoms with Gasteiger partial charge in [0.15, 0.2) is 0 Å². The van der Waals surface area contributed by atoms with Gasteiger partial charge in [-0.05, 0) is 35.9 Å². The van der Waals surface area contributed by atoms with Gasteiger partial charge in [0.05, 0.1) is 0 Å². The first kappa shape index (κ1) is 10.5. The van der Waals surface area contributed by atoms with Crippen molar-refractivity contribution < 1.29 is 4.39 Å². The van der Waals surface area contributed by atoms with Crippen LogP contribution in [0.5, 0.6) is 0 Å². The van der Waals surface area contributed by atoms with Crippen molar-refractivity contribution >= 4 is 23.2 Å². The molecule has 0 nitrogen and oxygen atoms in total. The van der Waals surface area contributed by atoms with Crippen molar-refractivity contribution in [3.8, 4) is 11.1 Å². The van der Waals surface area contributed by atoms with E-state index in [0.717, 1.165) is 5.56 Å². The second kappa shape index (κ2) is 4.21. The van der Waals surface area contributed by atoms with Crippen LogP contribution in [0.3, 0.4) is 0 Å². The monoisotopic (exact) mass is 240 g/mol. The first-order chi connectivity index (χ1) is 7.16. The van der Waals surface area contributed by atoms with Crippen molar-refractivity contribution in [3.63, 3.8) is 0 Å². The summed E-state index contributed by atoms with van der Waals surface area (Å²) in [5.74, 6) is -0.343. The lowest BCUT2D eigenvalue weighted by molar-refractivity contribution is 0.631. The number of rotatable bonds is 1. The maximum Gasteiger partial charge on any atom is 0.132 e. The highest BCUT2D eigenvalue weighted by Crippen LogP contribution is 2.27. The summed E-state index contributed by atoms with van der Waals surface area (Å²) in [5.41, 5.74) is 1.25. The van der Waals surface area contributed by atoms with Gasteiger partial charge in [0.2, 0.25) is 0 Å². The Morgan fingerprint density at radius 3 is 2.27 bits per heavy atom. The normalized spacial score (nSPS) is 10.3. The Bertz CT molecular complexity index is 495. The molecule has 15 heavy (non-hydrogen) atoms. The van der Waals surface area contributed by atoms with Crippen LogP contribution in [0.15, 0.2) is 42.5 Å². The maximum absolute atomic E-state index is 13.5. The van der Waals surface area contributed by atoms with Crippen molar-refractivity contribution in [2.75, 3.05) is 0 Å². The molecule has 0 atom stereocenters. The fraction of sp³-hybridized carbons (Fsp3) is 0. The maximum atomic E-state index is 13.5. The Morgan fingerprint density at radius 2 is 1.60 bits per heavy atom. The van der Waals surface area contributed by atoms with Crippen LogP contribution >= 0.6 is 23.2 Å². The molecule has 0 bridgehead atoms. The highest BCUT2D eigenvalue weighted by atomic mass is 35.5. The Hall–Kier alpha value is -1.05. The molecule has 2 aromatic rings. The van der Waals surface area contributed by atoms with Crippen LogP contribution in [0.4, 0.5) is 4.39 Å². The largest absolute Gasteiger partial charge is 0.206 e. The lowest BCUT2D eigenvalue weighted by Crippen LogP contribution is -1.83. The number of hydrogen-bond donors (Lipinski definition) is 0. The van der Waals surface area contributed by atoms with Gasteiger partial charge in [0.25, 0.3) is 0 Å². The summed E-state index contributed by atoms with van der Waals surface area (Å²) in [6, 6.07) is 11.6. The molecular weight excluding hydrogens is 234 g/mol. The number of hydrogen-bond acceptors (Lipinski definition) is 0. The van der Waals surface area contributed by atoms with E-state index in [1.54, 1.807) is 36.4 Å². The highest BCUT2D eigenvalue weighted by Gasteiger charge is 2.05. The van der Waals surface area contributed by atoms with Crippen molar-refractivity contribution in [2.45, 2.75) is 0 Å². The molecule has 3 heteroatoms. The van der Waals surface area contributed by atoms with Crippen LogP contribution in [0.1, 0.15) is 0 Å². The molecule has 0 saturated carbocycles. The molecule has 2 rings (SSSR count). The summed E-state index contributed by atoms with van der Waals surface area (Å²) in [5, 5.41) is 0.972. The quantitative estimate of drug-likeness (QED) is 0.672. The van der Waals surface area contributed by atoms with Crippen LogP contribution in [0, 0.1) is 5.82 Å². The summed E-state index contributed by atoms with van der Waals surface area (Å²) in [6.45, 7) is 0. The van der Waals surface area contributed by atoms with Crippen LogP contribution in [-0.2, 0) is 0 Å². The molecule has 0 aromatic heterocycles. The van der Waals surface area contributed by atoms with Crippen LogP contribution in [0.25, 0.3) is 11.1 Å². The van der Waals surface area contributed by atoms with E-state index in [1.165, 1.54) is 6.07 Å². The van der Waals surface area contributed by atoms with Gasteiger partial charge in [-0.25, -0.2) is 4.39 Å². The molecular formula is C12H7Cl2F. The summed E-state index contributed by atoms with van der Waals surface area (Å²) in [4.78, 5) is 0. The molecule has 0 aliphatic rings. The highest BCUT2D eigenvalue weighted by molar-refractivity contribution is 6.31. The Kier molecular flexibility index (Phi) is 2.94. The molecule has 0 amide bonds. The topological polar surface area (TPSA) is 0 Å². The van der Waals surface area contributed by atoms with Gasteiger partial charge in [0, 0.05) is 15.6 Å². The second-order valence-corrected chi connectivity index (χ2v) is 4.01. The van der Waals surface area contributed by atoms with Crippen LogP contribution in [0.2, 0.25) is 10.0 Å². The molecule has 0 aliphatic heterocycles. The number of halogens is 3. The predicted octanol–water partition coefficient (Wildman–Crippen LogP) is 4.80. The minimum Gasteiger partial charge on any atom is -0.206 e. The first-order valence-corrected chi connectivity index (χ1v) is 5.13. The van der Waals surface area contributed by atoms with E-state index in [2.05, 4.69) is 0 Å². The van der Waals surface area contributed by atoms with E-state index in [0.29, 0.717) is 15.6 Å². The van der Waals surface area contributed by atoms with Gasteiger partial charge in [-0.1, -0.05) is 35.3 Å². The molecule has 0 aliphatic carbocycles. The molecule has 0 radical (unpaired) electrons.